The van der Waals surface area contributed by atoms with Gasteiger partial charge in [-0.3, -0.25) is 4.79 Å². The normalized spacial score (nSPS) is 16.3. The van der Waals surface area contributed by atoms with Crippen molar-refractivity contribution in [3.8, 4) is 11.1 Å². The van der Waals surface area contributed by atoms with Crippen LogP contribution >= 0.6 is 35.3 Å². The second-order valence-corrected chi connectivity index (χ2v) is 9.83. The number of alkyl halides is 6. The maximum Gasteiger partial charge on any atom is 0.416 e. The predicted molar refractivity (Wildman–Crippen MR) is 125 cm³/mol. The average molecular weight is 586 g/mol. The summed E-state index contributed by atoms with van der Waals surface area (Å²) in [5.41, 5.74) is -1.20. The van der Waals surface area contributed by atoms with Gasteiger partial charge in [0.2, 0.25) is 0 Å². The van der Waals surface area contributed by atoms with Gasteiger partial charge in [0.25, 0.3) is 5.91 Å². The smallest absolute Gasteiger partial charge is 0.416 e. The van der Waals surface area contributed by atoms with Crippen molar-refractivity contribution in [3.63, 3.8) is 0 Å². The van der Waals surface area contributed by atoms with Crippen molar-refractivity contribution in [2.45, 2.75) is 18.4 Å². The van der Waals surface area contributed by atoms with Gasteiger partial charge in [0, 0.05) is 4.88 Å². The number of carbonyl (C=O) groups is 3. The molecular weight excluding hydrogens is 572 g/mol. The number of hydrogen-bond acceptors (Lipinski definition) is 7. The van der Waals surface area contributed by atoms with Crippen LogP contribution in [0.25, 0.3) is 17.2 Å². The van der Waals surface area contributed by atoms with Crippen LogP contribution in [-0.4, -0.2) is 50.1 Å². The largest absolute Gasteiger partial charge is 0.480 e. The maximum absolute atomic E-state index is 13.2. The van der Waals surface area contributed by atoms with Crippen LogP contribution in [0.2, 0.25) is 0 Å². The van der Waals surface area contributed by atoms with Gasteiger partial charge in [-0.25, -0.2) is 15.0 Å². The molecule has 1 atom stereocenters. The molecule has 1 aromatic heterocycles. The number of amides is 3. The number of aliphatic hydroxyl groups excluding tert-OH is 1. The summed E-state index contributed by atoms with van der Waals surface area (Å²) in [7, 11) is 0. The molecule has 2 aromatic rings. The highest BCUT2D eigenvalue weighted by Crippen LogP contribution is 2.40. The Bertz CT molecular complexity index is 1260. The molecule has 1 aromatic carbocycles. The highest BCUT2D eigenvalue weighted by Gasteiger charge is 2.37. The number of halogens is 6. The van der Waals surface area contributed by atoms with Crippen molar-refractivity contribution in [1.82, 2.24) is 15.8 Å². The molecule has 1 aliphatic rings. The van der Waals surface area contributed by atoms with Gasteiger partial charge in [-0.2, -0.15) is 31.4 Å². The summed E-state index contributed by atoms with van der Waals surface area (Å²) >= 11 is 6.68. The number of hydrogen-bond donors (Lipinski definition) is 4. The second kappa shape index (κ2) is 10.7. The third-order valence-electron chi connectivity index (χ3n) is 4.61. The minimum absolute atomic E-state index is 0.0184. The van der Waals surface area contributed by atoms with Crippen LogP contribution in [0.5, 0.6) is 0 Å². The third kappa shape index (κ3) is 6.79. The van der Waals surface area contributed by atoms with E-state index in [0.29, 0.717) is 17.1 Å². The molecule has 198 valence electrons. The molecule has 3 amide bonds. The zero-order valence-corrected chi connectivity index (χ0v) is 20.3. The van der Waals surface area contributed by atoms with E-state index in [1.54, 1.807) is 0 Å². The van der Waals surface area contributed by atoms with E-state index < -0.39 is 54.0 Å². The number of carbonyl (C=O) groups excluding carboxylic acids is 2. The average Bonchev–Trinajstić information content (AvgIpc) is 3.36. The lowest BCUT2D eigenvalue weighted by Crippen LogP contribution is -2.54. The molecule has 0 bridgehead atoms. The Balaban J connectivity index is 1.83. The molecule has 1 aliphatic heterocycles. The molecule has 1 saturated heterocycles. The van der Waals surface area contributed by atoms with E-state index in [1.165, 1.54) is 17.5 Å². The fourth-order valence-electron chi connectivity index (χ4n) is 2.87. The van der Waals surface area contributed by atoms with Gasteiger partial charge < -0.3 is 15.5 Å². The van der Waals surface area contributed by atoms with Gasteiger partial charge in [-0.05, 0) is 59.1 Å². The van der Waals surface area contributed by atoms with Gasteiger partial charge in [0.05, 0.1) is 22.6 Å². The minimum atomic E-state index is -5.01. The lowest BCUT2D eigenvalue weighted by Gasteiger charge is -2.18. The molecule has 0 radical (unpaired) electrons. The van der Waals surface area contributed by atoms with E-state index >= 15 is 0 Å². The van der Waals surface area contributed by atoms with Gasteiger partial charge in [-0.1, -0.05) is 11.8 Å². The summed E-state index contributed by atoms with van der Waals surface area (Å²) in [5, 5.41) is 21.7. The Morgan fingerprint density at radius 2 is 1.65 bits per heavy atom. The van der Waals surface area contributed by atoms with Crippen LogP contribution in [0.1, 0.15) is 16.0 Å². The van der Waals surface area contributed by atoms with Crippen molar-refractivity contribution < 1.29 is 50.9 Å². The van der Waals surface area contributed by atoms with Crippen LogP contribution in [0.15, 0.2) is 34.6 Å². The molecule has 17 heteroatoms. The lowest BCUT2D eigenvalue weighted by molar-refractivity contribution is -0.143. The van der Waals surface area contributed by atoms with E-state index in [2.05, 4.69) is 0 Å². The number of nitrogens with zero attached hydrogens (tertiary/aromatic N) is 1. The number of urea groups is 1. The SMILES string of the molecule is O=C(N[C@@H](CO)C(=O)O)NN1C(=O)/C(=C/c2cc(-c3cc(C(F)(F)F)cc(C(F)(F)F)c3)cs2)SC1=S. The standard InChI is InChI=1S/C20H13F6N3O5S3/c21-19(22,23)10-1-8(2-11(4-10)20(24,25)26)9-3-12(36-7-9)5-14-15(31)29(18(35)37-14)28-17(34)27-13(6-30)16(32)33/h1-5,7,13,30H,6H2,(H,32,33)(H2,27,28,34)/b14-5-/t13-/m0/s1. The molecule has 37 heavy (non-hydrogen) atoms. The highest BCUT2D eigenvalue weighted by atomic mass is 32.2. The molecule has 0 aliphatic carbocycles. The topological polar surface area (TPSA) is 119 Å². The fourth-order valence-corrected chi connectivity index (χ4v) is 4.97. The summed E-state index contributed by atoms with van der Waals surface area (Å²) in [4.78, 5) is 35.7. The Morgan fingerprint density at radius 3 is 2.16 bits per heavy atom. The number of hydrazine groups is 1. The molecule has 0 saturated carbocycles. The summed E-state index contributed by atoms with van der Waals surface area (Å²) in [6, 6.07) is -0.328. The number of aliphatic hydroxyl groups is 1. The van der Waals surface area contributed by atoms with E-state index in [-0.39, 0.29) is 31.3 Å². The Kier molecular flexibility index (Phi) is 8.21. The van der Waals surface area contributed by atoms with Crippen molar-refractivity contribution in [2.24, 2.45) is 0 Å². The van der Waals surface area contributed by atoms with Crippen LogP contribution in [0.3, 0.4) is 0 Å². The van der Waals surface area contributed by atoms with Crippen LogP contribution < -0.4 is 10.7 Å². The van der Waals surface area contributed by atoms with E-state index in [9.17, 15) is 40.7 Å². The van der Waals surface area contributed by atoms with Gasteiger partial charge in [-0.15, -0.1) is 11.3 Å². The molecule has 4 N–H and O–H groups in total. The fraction of sp³-hybridized carbons (Fsp3) is 0.200. The number of benzene rings is 1. The summed E-state index contributed by atoms with van der Waals surface area (Å²) in [6.07, 6.45) is -8.74. The zero-order valence-electron chi connectivity index (χ0n) is 17.8. The molecular formula is C20H13F6N3O5S3. The van der Waals surface area contributed by atoms with Gasteiger partial charge in [0.1, 0.15) is 0 Å². The molecule has 0 unspecified atom stereocenters. The molecule has 0 spiro atoms. The van der Waals surface area contributed by atoms with Crippen molar-refractivity contribution >= 4 is 63.6 Å². The minimum Gasteiger partial charge on any atom is -0.480 e. The zero-order chi connectivity index (χ0) is 27.7. The molecule has 8 nitrogen and oxygen atoms in total. The third-order valence-corrected chi connectivity index (χ3v) is 6.79. The quantitative estimate of drug-likeness (QED) is 0.227. The Labute approximate surface area is 216 Å². The summed E-state index contributed by atoms with van der Waals surface area (Å²) < 4.78 is 78.8. The second-order valence-electron chi connectivity index (χ2n) is 7.21. The maximum atomic E-state index is 13.2. The molecule has 2 heterocycles. The van der Waals surface area contributed by atoms with Crippen molar-refractivity contribution in [1.29, 1.82) is 0 Å². The Morgan fingerprint density at radius 1 is 1.05 bits per heavy atom. The molecule has 1 fully saturated rings. The monoisotopic (exact) mass is 585 g/mol. The lowest BCUT2D eigenvalue weighted by atomic mass is 10.0. The summed E-state index contributed by atoms with van der Waals surface area (Å²) in [5.74, 6) is -2.35. The number of nitrogens with one attached hydrogen (secondary N) is 2. The van der Waals surface area contributed by atoms with Crippen LogP contribution in [0.4, 0.5) is 31.1 Å². The van der Waals surface area contributed by atoms with Crippen LogP contribution in [0, 0.1) is 0 Å². The first-order valence-electron chi connectivity index (χ1n) is 9.67. The van der Waals surface area contributed by atoms with E-state index in [4.69, 9.17) is 22.4 Å². The number of thiophene rings is 1. The first-order chi connectivity index (χ1) is 17.1. The Hall–Kier alpha value is -3.15. The van der Waals surface area contributed by atoms with Crippen molar-refractivity contribution in [3.05, 3.63) is 50.6 Å². The van der Waals surface area contributed by atoms with Crippen molar-refractivity contribution in [2.75, 3.05) is 6.61 Å². The number of thioether (sulfide) groups is 1. The number of rotatable bonds is 6. The highest BCUT2D eigenvalue weighted by molar-refractivity contribution is 8.26. The number of carboxylic acids is 1. The van der Waals surface area contributed by atoms with Gasteiger partial charge >= 0.3 is 24.4 Å². The predicted octanol–water partition coefficient (Wildman–Crippen LogP) is 4.31. The first-order valence-corrected chi connectivity index (χ1v) is 11.8. The molecule has 3 rings (SSSR count). The summed E-state index contributed by atoms with van der Waals surface area (Å²) in [6.45, 7) is -0.919. The van der Waals surface area contributed by atoms with E-state index in [0.717, 1.165) is 23.1 Å². The number of carboxylic acid groups (broad SMARTS) is 1. The number of thiocarbonyl (C=S) groups is 1. The number of aliphatic carboxylic acids is 1. The van der Waals surface area contributed by atoms with E-state index in [1.807, 2.05) is 10.7 Å². The van der Waals surface area contributed by atoms with Crippen LogP contribution in [-0.2, 0) is 21.9 Å². The first kappa shape index (κ1) is 28.4. The van der Waals surface area contributed by atoms with Gasteiger partial charge in [0.15, 0.2) is 10.4 Å².